The molecular formula is C16H16F2O. The third-order valence-corrected chi connectivity index (χ3v) is 3.19. The topological polar surface area (TPSA) is 20.2 Å². The first-order valence-corrected chi connectivity index (χ1v) is 6.22. The summed E-state index contributed by atoms with van der Waals surface area (Å²) in [6.45, 7) is 4.12. The number of aliphatic hydroxyl groups excluding tert-OH is 1. The van der Waals surface area contributed by atoms with Gasteiger partial charge >= 0.3 is 0 Å². The maximum atomic E-state index is 13.6. The van der Waals surface area contributed by atoms with Crippen LogP contribution in [0.5, 0.6) is 0 Å². The number of hydrogen-bond acceptors (Lipinski definition) is 1. The van der Waals surface area contributed by atoms with Gasteiger partial charge in [-0.25, -0.2) is 8.78 Å². The zero-order valence-electron chi connectivity index (χ0n) is 10.9. The molecule has 3 heteroatoms. The summed E-state index contributed by atoms with van der Waals surface area (Å²) in [6, 6.07) is 10.7. The highest BCUT2D eigenvalue weighted by Gasteiger charge is 2.19. The van der Waals surface area contributed by atoms with Crippen LogP contribution in [0.15, 0.2) is 42.5 Å². The predicted octanol–water partition coefficient (Wildman–Crippen LogP) is 4.17. The van der Waals surface area contributed by atoms with Gasteiger partial charge in [0.05, 0.1) is 5.56 Å². The van der Waals surface area contributed by atoms with Crippen LogP contribution in [0.3, 0.4) is 0 Å². The number of hydrogen-bond donors (Lipinski definition) is 1. The van der Waals surface area contributed by atoms with Gasteiger partial charge in [-0.15, -0.1) is 0 Å². The molecule has 0 saturated heterocycles. The van der Waals surface area contributed by atoms with Gasteiger partial charge in [-0.2, -0.15) is 0 Å². The summed E-state index contributed by atoms with van der Waals surface area (Å²) in [5.74, 6) is -1.10. The molecule has 0 heterocycles. The number of aliphatic hydroxyl groups is 1. The van der Waals surface area contributed by atoms with E-state index in [0.29, 0.717) is 11.5 Å². The summed E-state index contributed by atoms with van der Waals surface area (Å²) in [6.07, 6.45) is -1.29. The summed E-state index contributed by atoms with van der Waals surface area (Å²) >= 11 is 0. The highest BCUT2D eigenvalue weighted by molar-refractivity contribution is 5.34. The smallest absolute Gasteiger partial charge is 0.132 e. The first-order chi connectivity index (χ1) is 9.00. The number of rotatable bonds is 3. The van der Waals surface area contributed by atoms with Gasteiger partial charge in [-0.1, -0.05) is 44.2 Å². The summed E-state index contributed by atoms with van der Waals surface area (Å²) in [7, 11) is 0. The molecule has 0 bridgehead atoms. The van der Waals surface area contributed by atoms with Crippen LogP contribution in [0.25, 0.3) is 0 Å². The molecule has 2 aromatic rings. The van der Waals surface area contributed by atoms with Crippen molar-refractivity contribution < 1.29 is 13.9 Å². The fourth-order valence-electron chi connectivity index (χ4n) is 2.00. The molecule has 19 heavy (non-hydrogen) atoms. The van der Waals surface area contributed by atoms with E-state index < -0.39 is 17.7 Å². The lowest BCUT2D eigenvalue weighted by molar-refractivity contribution is 0.209. The third-order valence-electron chi connectivity index (χ3n) is 3.19. The molecule has 2 rings (SSSR count). The minimum absolute atomic E-state index is 0.306. The molecule has 0 amide bonds. The Morgan fingerprint density at radius 1 is 0.842 bits per heavy atom. The van der Waals surface area contributed by atoms with Crippen molar-refractivity contribution in [2.45, 2.75) is 25.9 Å². The fourth-order valence-corrected chi connectivity index (χ4v) is 2.00. The van der Waals surface area contributed by atoms with Gasteiger partial charge in [0.25, 0.3) is 0 Å². The second-order valence-corrected chi connectivity index (χ2v) is 4.86. The SMILES string of the molecule is CC(C)c1ccc(C(O)c2c(F)cccc2F)cc1. The molecule has 100 valence electrons. The third kappa shape index (κ3) is 2.82. The average Bonchev–Trinajstić information content (AvgIpc) is 2.38. The molecule has 0 aromatic heterocycles. The molecule has 1 unspecified atom stereocenters. The monoisotopic (exact) mass is 262 g/mol. The van der Waals surface area contributed by atoms with E-state index in [4.69, 9.17) is 0 Å². The van der Waals surface area contributed by atoms with Gasteiger partial charge in [0, 0.05) is 0 Å². The largest absolute Gasteiger partial charge is 0.383 e. The van der Waals surface area contributed by atoms with E-state index in [0.717, 1.165) is 17.7 Å². The van der Waals surface area contributed by atoms with Gasteiger partial charge in [0.15, 0.2) is 0 Å². The lowest BCUT2D eigenvalue weighted by atomic mass is 9.96. The first kappa shape index (κ1) is 13.7. The molecule has 1 atom stereocenters. The van der Waals surface area contributed by atoms with Gasteiger partial charge in [-0.05, 0) is 29.2 Å². The highest BCUT2D eigenvalue weighted by Crippen LogP contribution is 2.27. The summed E-state index contributed by atoms with van der Waals surface area (Å²) < 4.78 is 27.2. The number of benzene rings is 2. The van der Waals surface area contributed by atoms with Gasteiger partial charge in [-0.3, -0.25) is 0 Å². The van der Waals surface area contributed by atoms with Crippen LogP contribution in [0.1, 0.15) is 42.6 Å². The lowest BCUT2D eigenvalue weighted by Crippen LogP contribution is -2.05. The van der Waals surface area contributed by atoms with Crippen molar-refractivity contribution in [3.8, 4) is 0 Å². The molecule has 0 aliphatic heterocycles. The normalized spacial score (nSPS) is 12.7. The van der Waals surface area contributed by atoms with E-state index in [9.17, 15) is 13.9 Å². The molecule has 0 aliphatic carbocycles. The van der Waals surface area contributed by atoms with Gasteiger partial charge < -0.3 is 5.11 Å². The van der Waals surface area contributed by atoms with Crippen LogP contribution in [-0.4, -0.2) is 5.11 Å². The van der Waals surface area contributed by atoms with Gasteiger partial charge in [0.2, 0.25) is 0 Å². The van der Waals surface area contributed by atoms with E-state index in [-0.39, 0.29) is 5.56 Å². The Morgan fingerprint density at radius 2 is 1.32 bits per heavy atom. The van der Waals surface area contributed by atoms with Crippen LogP contribution in [0, 0.1) is 11.6 Å². The van der Waals surface area contributed by atoms with Crippen LogP contribution in [0.2, 0.25) is 0 Å². The Kier molecular flexibility index (Phi) is 3.96. The van der Waals surface area contributed by atoms with Gasteiger partial charge in [0.1, 0.15) is 17.7 Å². The Balaban J connectivity index is 2.36. The fraction of sp³-hybridized carbons (Fsp3) is 0.250. The Morgan fingerprint density at radius 3 is 1.79 bits per heavy atom. The van der Waals surface area contributed by atoms with Crippen molar-refractivity contribution in [3.63, 3.8) is 0 Å². The summed E-state index contributed by atoms with van der Waals surface area (Å²) in [5, 5.41) is 10.1. The molecule has 0 fully saturated rings. The zero-order valence-corrected chi connectivity index (χ0v) is 10.9. The minimum atomic E-state index is -1.29. The van der Waals surface area contributed by atoms with Crippen LogP contribution < -0.4 is 0 Å². The van der Waals surface area contributed by atoms with Crippen molar-refractivity contribution in [2.75, 3.05) is 0 Å². The second kappa shape index (κ2) is 5.49. The maximum Gasteiger partial charge on any atom is 0.132 e. The molecule has 2 aromatic carbocycles. The minimum Gasteiger partial charge on any atom is -0.383 e. The average molecular weight is 262 g/mol. The van der Waals surface area contributed by atoms with E-state index in [2.05, 4.69) is 13.8 Å². The Hall–Kier alpha value is -1.74. The van der Waals surface area contributed by atoms with Crippen LogP contribution in [-0.2, 0) is 0 Å². The maximum absolute atomic E-state index is 13.6. The summed E-state index contributed by atoms with van der Waals surface area (Å²) in [5.41, 5.74) is 1.29. The van der Waals surface area contributed by atoms with Crippen LogP contribution >= 0.6 is 0 Å². The zero-order chi connectivity index (χ0) is 14.0. The highest BCUT2D eigenvalue weighted by atomic mass is 19.1. The molecule has 0 aliphatic rings. The molecule has 0 spiro atoms. The van der Waals surface area contributed by atoms with E-state index in [1.165, 1.54) is 6.07 Å². The van der Waals surface area contributed by atoms with Crippen molar-refractivity contribution >= 4 is 0 Å². The van der Waals surface area contributed by atoms with Crippen molar-refractivity contribution in [1.82, 2.24) is 0 Å². The standard InChI is InChI=1S/C16H16F2O/c1-10(2)11-6-8-12(9-7-11)16(19)15-13(17)4-3-5-14(15)18/h3-10,16,19H,1-2H3. The molecule has 0 radical (unpaired) electrons. The summed E-state index contributed by atoms with van der Waals surface area (Å²) in [4.78, 5) is 0. The van der Waals surface area contributed by atoms with E-state index in [1.54, 1.807) is 12.1 Å². The molecule has 1 nitrogen and oxygen atoms in total. The Labute approximate surface area is 111 Å². The molecular weight excluding hydrogens is 246 g/mol. The van der Waals surface area contributed by atoms with Crippen molar-refractivity contribution in [1.29, 1.82) is 0 Å². The molecule has 0 saturated carbocycles. The lowest BCUT2D eigenvalue weighted by Gasteiger charge is -2.14. The van der Waals surface area contributed by atoms with Crippen molar-refractivity contribution in [3.05, 3.63) is 70.8 Å². The molecule has 1 N–H and O–H groups in total. The van der Waals surface area contributed by atoms with Crippen molar-refractivity contribution in [2.24, 2.45) is 0 Å². The van der Waals surface area contributed by atoms with E-state index in [1.807, 2.05) is 12.1 Å². The second-order valence-electron chi connectivity index (χ2n) is 4.86. The predicted molar refractivity (Wildman–Crippen MR) is 71.0 cm³/mol. The quantitative estimate of drug-likeness (QED) is 0.880. The van der Waals surface area contributed by atoms with Crippen LogP contribution in [0.4, 0.5) is 8.78 Å². The van der Waals surface area contributed by atoms with E-state index >= 15 is 0 Å². The first-order valence-electron chi connectivity index (χ1n) is 6.22. The Bertz CT molecular complexity index is 541. The number of halogens is 2.